The van der Waals surface area contributed by atoms with Crippen LogP contribution >= 0.6 is 0 Å². The molecule has 2 amide bonds. The van der Waals surface area contributed by atoms with Gasteiger partial charge in [0.25, 0.3) is 0 Å². The third-order valence-electron chi connectivity index (χ3n) is 11.1. The van der Waals surface area contributed by atoms with Crippen molar-refractivity contribution in [1.82, 2.24) is 20.2 Å². The minimum atomic E-state index is -0.551. The second-order valence-corrected chi connectivity index (χ2v) is 15.3. The average molecular weight is 798 g/mol. The number of hydrogen-bond donors (Lipinski definition) is 4. The number of hydrogen-bond acceptors (Lipinski definition) is 10. The number of ether oxygens (including phenoxy) is 2. The molecule has 3 unspecified atom stereocenters. The summed E-state index contributed by atoms with van der Waals surface area (Å²) in [5.41, 5.74) is 13.1. The van der Waals surface area contributed by atoms with Crippen LogP contribution in [0.15, 0.2) is 116 Å². The van der Waals surface area contributed by atoms with E-state index in [0.717, 1.165) is 104 Å². The molecular formula is C47H55N7O5. The number of unbranched alkanes of at least 4 members (excludes halogenated alkanes) is 3. The zero-order chi connectivity index (χ0) is 40.8. The number of rotatable bonds is 17. The highest BCUT2D eigenvalue weighted by Crippen LogP contribution is 2.39. The van der Waals surface area contributed by atoms with Gasteiger partial charge in [-0.25, -0.2) is 9.97 Å². The first-order valence-corrected chi connectivity index (χ1v) is 20.8. The van der Waals surface area contributed by atoms with Gasteiger partial charge in [-0.05, 0) is 58.9 Å². The molecule has 3 atom stereocenters. The van der Waals surface area contributed by atoms with Crippen LogP contribution in [0.1, 0.15) is 79.6 Å². The number of para-hydroxylation sites is 2. The summed E-state index contributed by atoms with van der Waals surface area (Å²) in [5.74, 6) is 0.734. The number of carbonyl (C=O) groups is 2. The molecule has 308 valence electrons. The van der Waals surface area contributed by atoms with Crippen molar-refractivity contribution in [3.8, 4) is 11.1 Å². The molecular weight excluding hydrogens is 743 g/mol. The number of nitrogens with one attached hydrogen (secondary N) is 2. The number of aromatic nitrogens is 2. The third-order valence-corrected chi connectivity index (χ3v) is 11.1. The van der Waals surface area contributed by atoms with E-state index in [9.17, 15) is 14.7 Å². The summed E-state index contributed by atoms with van der Waals surface area (Å²) >= 11 is 0. The van der Waals surface area contributed by atoms with Crippen LogP contribution in [0.25, 0.3) is 11.1 Å². The van der Waals surface area contributed by atoms with Gasteiger partial charge in [-0.15, -0.1) is 0 Å². The van der Waals surface area contributed by atoms with Gasteiger partial charge in [-0.2, -0.15) is 0 Å². The summed E-state index contributed by atoms with van der Waals surface area (Å²) in [7, 11) is 0. The summed E-state index contributed by atoms with van der Waals surface area (Å²) in [5, 5.41) is 15.6. The molecule has 2 aliphatic heterocycles. The van der Waals surface area contributed by atoms with Gasteiger partial charge in [0, 0.05) is 76.5 Å². The van der Waals surface area contributed by atoms with Gasteiger partial charge in [0.1, 0.15) is 0 Å². The lowest BCUT2D eigenvalue weighted by atomic mass is 9.97. The largest absolute Gasteiger partial charge is 0.397 e. The molecule has 1 aromatic heterocycles. The molecule has 7 rings (SSSR count). The molecule has 12 nitrogen and oxygen atoms in total. The molecule has 2 aliphatic rings. The second kappa shape index (κ2) is 20.9. The van der Waals surface area contributed by atoms with Gasteiger partial charge in [-0.1, -0.05) is 97.8 Å². The Bertz CT molecular complexity index is 2090. The molecule has 3 heterocycles. The summed E-state index contributed by atoms with van der Waals surface area (Å²) in [6.07, 6.45) is 7.67. The average Bonchev–Trinajstić information content (AvgIpc) is 3.28. The fraction of sp³-hybridized carbons (Fsp3) is 0.362. The van der Waals surface area contributed by atoms with Crippen LogP contribution < -0.4 is 21.3 Å². The van der Waals surface area contributed by atoms with E-state index in [4.69, 9.17) is 15.2 Å². The first kappa shape index (κ1) is 41.5. The fourth-order valence-electron chi connectivity index (χ4n) is 7.71. The lowest BCUT2D eigenvalue weighted by Gasteiger charge is -2.40. The molecule has 2 saturated heterocycles. The molecule has 2 fully saturated rings. The third kappa shape index (κ3) is 11.7. The Kier molecular flexibility index (Phi) is 14.7. The van der Waals surface area contributed by atoms with Gasteiger partial charge >= 0.3 is 0 Å². The number of aliphatic hydroxyl groups is 1. The molecule has 12 heteroatoms. The van der Waals surface area contributed by atoms with E-state index in [1.165, 1.54) is 0 Å². The van der Waals surface area contributed by atoms with E-state index >= 15 is 0 Å². The van der Waals surface area contributed by atoms with E-state index in [1.54, 1.807) is 24.5 Å². The number of anilines is 3. The van der Waals surface area contributed by atoms with E-state index in [2.05, 4.69) is 66.8 Å². The number of nitrogens with two attached hydrogens (primary N) is 1. The van der Waals surface area contributed by atoms with Crippen LogP contribution in [-0.4, -0.2) is 70.6 Å². The SMILES string of the molecule is Nc1ccccc1NC(=O)CCCCCCC(=O)NCc1ccccc1-c1ccc(C2OC(CN3CCN(c4ncccn4)CC3)CC(c3ccc(CO)cc3)O2)cc1. The number of benzene rings is 4. The van der Waals surface area contributed by atoms with E-state index in [0.29, 0.717) is 30.8 Å². The Morgan fingerprint density at radius 3 is 2.15 bits per heavy atom. The lowest BCUT2D eigenvalue weighted by Crippen LogP contribution is -2.50. The molecule has 0 bridgehead atoms. The van der Waals surface area contributed by atoms with E-state index in [-0.39, 0.29) is 30.6 Å². The van der Waals surface area contributed by atoms with Crippen molar-refractivity contribution >= 4 is 29.1 Å². The maximum Gasteiger partial charge on any atom is 0.225 e. The van der Waals surface area contributed by atoms with Gasteiger partial charge in [0.05, 0.1) is 30.2 Å². The fourth-order valence-corrected chi connectivity index (χ4v) is 7.71. The van der Waals surface area contributed by atoms with Gasteiger partial charge < -0.3 is 35.8 Å². The second-order valence-electron chi connectivity index (χ2n) is 15.3. The predicted octanol–water partition coefficient (Wildman–Crippen LogP) is 7.18. The molecule has 59 heavy (non-hydrogen) atoms. The lowest BCUT2D eigenvalue weighted by molar-refractivity contribution is -0.253. The summed E-state index contributed by atoms with van der Waals surface area (Å²) in [6, 6.07) is 33.5. The Morgan fingerprint density at radius 1 is 0.746 bits per heavy atom. The molecule has 0 saturated carbocycles. The molecule has 0 spiro atoms. The molecule has 0 aliphatic carbocycles. The number of nitrogens with zero attached hydrogens (tertiary/aromatic N) is 4. The minimum absolute atomic E-state index is 0.00102. The smallest absolute Gasteiger partial charge is 0.225 e. The summed E-state index contributed by atoms with van der Waals surface area (Å²) in [6.45, 7) is 4.70. The zero-order valence-electron chi connectivity index (χ0n) is 33.5. The molecule has 5 N–H and O–H groups in total. The topological polar surface area (TPSA) is 155 Å². The van der Waals surface area contributed by atoms with Crippen LogP contribution in [0.5, 0.6) is 0 Å². The Morgan fingerprint density at radius 2 is 1.42 bits per heavy atom. The highest BCUT2D eigenvalue weighted by molar-refractivity contribution is 5.93. The number of aliphatic hydroxyl groups excluding tert-OH is 1. The van der Waals surface area contributed by atoms with Crippen LogP contribution in [-0.2, 0) is 32.2 Å². The van der Waals surface area contributed by atoms with Crippen LogP contribution in [0.2, 0.25) is 0 Å². The predicted molar refractivity (Wildman–Crippen MR) is 230 cm³/mol. The first-order chi connectivity index (χ1) is 28.9. The first-order valence-electron chi connectivity index (χ1n) is 20.8. The number of amides is 2. The van der Waals surface area contributed by atoms with Crippen molar-refractivity contribution < 1.29 is 24.2 Å². The van der Waals surface area contributed by atoms with Crippen molar-refractivity contribution in [2.24, 2.45) is 0 Å². The minimum Gasteiger partial charge on any atom is -0.397 e. The maximum atomic E-state index is 12.8. The summed E-state index contributed by atoms with van der Waals surface area (Å²) in [4.78, 5) is 38.6. The van der Waals surface area contributed by atoms with E-state index < -0.39 is 6.29 Å². The number of carbonyl (C=O) groups excluding carboxylic acids is 2. The van der Waals surface area contributed by atoms with Crippen LogP contribution in [0, 0.1) is 0 Å². The van der Waals surface area contributed by atoms with Crippen molar-refractivity contribution in [1.29, 1.82) is 0 Å². The highest BCUT2D eigenvalue weighted by Gasteiger charge is 2.34. The van der Waals surface area contributed by atoms with Crippen molar-refractivity contribution in [2.45, 2.75) is 76.6 Å². The summed E-state index contributed by atoms with van der Waals surface area (Å²) < 4.78 is 13.3. The van der Waals surface area contributed by atoms with Crippen LogP contribution in [0.3, 0.4) is 0 Å². The Balaban J connectivity index is 0.912. The maximum absolute atomic E-state index is 12.8. The molecule has 0 radical (unpaired) electrons. The van der Waals surface area contributed by atoms with Crippen molar-refractivity contribution in [3.63, 3.8) is 0 Å². The monoisotopic (exact) mass is 797 g/mol. The quantitative estimate of drug-likeness (QED) is 0.0562. The Labute approximate surface area is 346 Å². The van der Waals surface area contributed by atoms with Crippen LogP contribution in [0.4, 0.5) is 17.3 Å². The zero-order valence-corrected chi connectivity index (χ0v) is 33.5. The van der Waals surface area contributed by atoms with Gasteiger partial charge in [-0.3, -0.25) is 14.5 Å². The van der Waals surface area contributed by atoms with Gasteiger partial charge in [0.2, 0.25) is 17.8 Å². The van der Waals surface area contributed by atoms with Crippen molar-refractivity contribution in [3.05, 3.63) is 138 Å². The Hall–Kier alpha value is -5.66. The highest BCUT2D eigenvalue weighted by atomic mass is 16.7. The normalized spacial score (nSPS) is 18.3. The van der Waals surface area contributed by atoms with E-state index in [1.807, 2.05) is 54.6 Å². The van der Waals surface area contributed by atoms with Gasteiger partial charge in [0.15, 0.2) is 6.29 Å². The number of nitrogen functional groups attached to an aromatic ring is 1. The molecule has 5 aromatic rings. The molecule has 4 aromatic carbocycles. The standard InChI is InChI=1S/C47H55N7O5/c48-41-12-7-8-13-42(41)52-45(57)15-4-2-1-3-14-44(56)51-31-38-10-5-6-11-40(38)35-20-22-37(23-21-35)46-58-39(30-43(59-46)36-18-16-34(33-55)17-19-36)32-53-26-28-54(29-27-53)47-49-24-9-25-50-47/h5-13,16-25,39,43,46,55H,1-4,14-15,26-33,48H2,(H,51,56)(H,52,57). The van der Waals surface area contributed by atoms with Crippen molar-refractivity contribution in [2.75, 3.05) is 48.7 Å². The number of piperazine rings is 1.